The molecule has 0 aliphatic rings. The molecule has 0 aromatic heterocycles. The normalized spacial score (nSPS) is 11.0. The van der Waals surface area contributed by atoms with Gasteiger partial charge in [0.25, 0.3) is 5.91 Å². The number of hydrogen-bond acceptors (Lipinski definition) is 3. The molecule has 1 rings (SSSR count). The van der Waals surface area contributed by atoms with Crippen molar-refractivity contribution in [2.45, 2.75) is 19.4 Å². The van der Waals surface area contributed by atoms with Crippen LogP contribution in [-0.2, 0) is 4.79 Å². The Balaban J connectivity index is 2.99. The molecular weight excluding hydrogens is 225 g/mol. The van der Waals surface area contributed by atoms with Gasteiger partial charge >= 0.3 is 0 Å². The van der Waals surface area contributed by atoms with Crippen LogP contribution in [-0.4, -0.2) is 17.4 Å². The van der Waals surface area contributed by atoms with E-state index in [2.05, 4.69) is 5.32 Å². The maximum absolute atomic E-state index is 13.4. The summed E-state index contributed by atoms with van der Waals surface area (Å²) < 4.78 is 13.4. The molecule has 92 valence electrons. The van der Waals surface area contributed by atoms with Gasteiger partial charge in [-0.1, -0.05) is 0 Å². The van der Waals surface area contributed by atoms with Crippen LogP contribution < -0.4 is 16.8 Å². The van der Waals surface area contributed by atoms with Crippen LogP contribution in [0.3, 0.4) is 0 Å². The summed E-state index contributed by atoms with van der Waals surface area (Å²) in [4.78, 5) is 21.9. The molecule has 1 aromatic rings. The second-order valence-corrected chi connectivity index (χ2v) is 4.17. The zero-order valence-electron chi connectivity index (χ0n) is 9.58. The number of benzene rings is 1. The number of halogens is 1. The first-order chi connectivity index (χ1) is 7.74. The second-order valence-electron chi connectivity index (χ2n) is 4.17. The molecule has 0 bridgehead atoms. The van der Waals surface area contributed by atoms with Crippen molar-refractivity contribution in [2.24, 2.45) is 11.5 Å². The van der Waals surface area contributed by atoms with Gasteiger partial charge in [0.2, 0.25) is 5.91 Å². The topological polar surface area (TPSA) is 98.2 Å². The molecule has 5 nitrogen and oxygen atoms in total. The minimum absolute atomic E-state index is 0.201. The van der Waals surface area contributed by atoms with Gasteiger partial charge < -0.3 is 16.8 Å². The predicted octanol–water partition coefficient (Wildman–Crippen LogP) is 0.600. The van der Waals surface area contributed by atoms with Gasteiger partial charge in [-0.3, -0.25) is 9.59 Å². The molecule has 0 heterocycles. The predicted molar refractivity (Wildman–Crippen MR) is 61.8 cm³/mol. The molecule has 0 radical (unpaired) electrons. The summed E-state index contributed by atoms with van der Waals surface area (Å²) in [6, 6.07) is 3.79. The molecule has 0 unspecified atom stereocenters. The Labute approximate surface area is 98.0 Å². The van der Waals surface area contributed by atoms with Crippen molar-refractivity contribution in [2.75, 3.05) is 5.32 Å². The molecule has 0 fully saturated rings. The third-order valence-corrected chi connectivity index (χ3v) is 2.31. The van der Waals surface area contributed by atoms with Gasteiger partial charge in [-0.05, 0) is 32.0 Å². The second kappa shape index (κ2) is 4.40. The van der Waals surface area contributed by atoms with Crippen molar-refractivity contribution in [3.05, 3.63) is 29.6 Å². The summed E-state index contributed by atoms with van der Waals surface area (Å²) in [5.74, 6) is -2.16. The Kier molecular flexibility index (Phi) is 3.36. The number of anilines is 1. The summed E-state index contributed by atoms with van der Waals surface area (Å²) in [7, 11) is 0. The van der Waals surface area contributed by atoms with Crippen LogP contribution in [0.15, 0.2) is 18.2 Å². The molecular formula is C11H14FN3O2. The Bertz CT molecular complexity index is 472. The molecule has 6 heteroatoms. The highest BCUT2D eigenvalue weighted by Crippen LogP contribution is 2.18. The van der Waals surface area contributed by atoms with Gasteiger partial charge in [0, 0.05) is 5.69 Å². The number of carbonyl (C=O) groups is 2. The van der Waals surface area contributed by atoms with Gasteiger partial charge in [-0.2, -0.15) is 0 Å². The van der Waals surface area contributed by atoms with Crippen molar-refractivity contribution < 1.29 is 14.0 Å². The van der Waals surface area contributed by atoms with E-state index in [0.717, 1.165) is 6.07 Å². The standard InChI is InChI=1S/C11H14FN3O2/c1-11(2,10(14)17)15-6-3-4-7(9(13)16)8(12)5-6/h3-5,15H,1-2H3,(H2,13,16)(H2,14,17). The molecule has 17 heavy (non-hydrogen) atoms. The summed E-state index contributed by atoms with van der Waals surface area (Å²) in [6.45, 7) is 3.13. The highest BCUT2D eigenvalue weighted by molar-refractivity contribution is 5.93. The zero-order chi connectivity index (χ0) is 13.2. The van der Waals surface area contributed by atoms with Crippen molar-refractivity contribution >= 4 is 17.5 Å². The fourth-order valence-corrected chi connectivity index (χ4v) is 1.22. The quantitative estimate of drug-likeness (QED) is 0.717. The summed E-state index contributed by atoms with van der Waals surface area (Å²) in [5.41, 5.74) is 9.26. The molecule has 0 spiro atoms. The van der Waals surface area contributed by atoms with Crippen LogP contribution >= 0.6 is 0 Å². The first-order valence-corrected chi connectivity index (χ1v) is 4.91. The fraction of sp³-hybridized carbons (Fsp3) is 0.273. The van der Waals surface area contributed by atoms with E-state index in [4.69, 9.17) is 11.5 Å². The smallest absolute Gasteiger partial charge is 0.251 e. The van der Waals surface area contributed by atoms with Crippen molar-refractivity contribution in [3.63, 3.8) is 0 Å². The van der Waals surface area contributed by atoms with E-state index in [1.165, 1.54) is 12.1 Å². The van der Waals surface area contributed by atoms with E-state index in [1.54, 1.807) is 13.8 Å². The van der Waals surface area contributed by atoms with Gasteiger partial charge in [0.1, 0.15) is 11.4 Å². The van der Waals surface area contributed by atoms with Crippen LogP contribution in [0, 0.1) is 5.82 Å². The molecule has 1 aromatic carbocycles. The van der Waals surface area contributed by atoms with E-state index in [1.807, 2.05) is 0 Å². The Morgan fingerprint density at radius 3 is 2.29 bits per heavy atom. The SMILES string of the molecule is CC(C)(Nc1ccc(C(N)=O)c(F)c1)C(N)=O. The third kappa shape index (κ3) is 2.93. The van der Waals surface area contributed by atoms with E-state index in [9.17, 15) is 14.0 Å². The zero-order valence-corrected chi connectivity index (χ0v) is 9.58. The average Bonchev–Trinajstić information content (AvgIpc) is 2.15. The van der Waals surface area contributed by atoms with Crippen LogP contribution in [0.25, 0.3) is 0 Å². The van der Waals surface area contributed by atoms with E-state index >= 15 is 0 Å². The lowest BCUT2D eigenvalue weighted by Crippen LogP contribution is -2.45. The third-order valence-electron chi connectivity index (χ3n) is 2.31. The lowest BCUT2D eigenvalue weighted by Gasteiger charge is -2.23. The molecule has 0 aliphatic carbocycles. The fourth-order valence-electron chi connectivity index (χ4n) is 1.22. The summed E-state index contributed by atoms with van der Waals surface area (Å²) in [5, 5.41) is 2.76. The largest absolute Gasteiger partial charge is 0.372 e. The van der Waals surface area contributed by atoms with Crippen LogP contribution in [0.5, 0.6) is 0 Å². The number of rotatable bonds is 4. The maximum atomic E-state index is 13.4. The maximum Gasteiger partial charge on any atom is 0.251 e. The van der Waals surface area contributed by atoms with E-state index in [-0.39, 0.29) is 5.56 Å². The van der Waals surface area contributed by atoms with Gasteiger partial charge in [0.15, 0.2) is 0 Å². The van der Waals surface area contributed by atoms with Crippen LogP contribution in [0.1, 0.15) is 24.2 Å². The molecule has 5 N–H and O–H groups in total. The first-order valence-electron chi connectivity index (χ1n) is 4.91. The number of primary amides is 2. The van der Waals surface area contributed by atoms with Crippen LogP contribution in [0.2, 0.25) is 0 Å². The Hall–Kier alpha value is -2.11. The lowest BCUT2D eigenvalue weighted by atomic mass is 10.0. The number of amides is 2. The summed E-state index contributed by atoms with van der Waals surface area (Å²) >= 11 is 0. The average molecular weight is 239 g/mol. The van der Waals surface area contributed by atoms with Crippen molar-refractivity contribution in [1.82, 2.24) is 0 Å². The molecule has 0 atom stereocenters. The molecule has 0 aliphatic heterocycles. The van der Waals surface area contributed by atoms with E-state index < -0.39 is 23.2 Å². The monoisotopic (exact) mass is 239 g/mol. The first kappa shape index (κ1) is 13.0. The minimum Gasteiger partial charge on any atom is -0.372 e. The van der Waals surface area contributed by atoms with Gasteiger partial charge in [-0.25, -0.2) is 4.39 Å². The van der Waals surface area contributed by atoms with Crippen LogP contribution in [0.4, 0.5) is 10.1 Å². The number of hydrogen-bond donors (Lipinski definition) is 3. The molecule has 0 saturated heterocycles. The van der Waals surface area contributed by atoms with E-state index in [0.29, 0.717) is 5.69 Å². The highest BCUT2D eigenvalue weighted by Gasteiger charge is 2.24. The van der Waals surface area contributed by atoms with Gasteiger partial charge in [-0.15, -0.1) is 0 Å². The van der Waals surface area contributed by atoms with Gasteiger partial charge in [0.05, 0.1) is 5.56 Å². The number of nitrogens with one attached hydrogen (secondary N) is 1. The van der Waals surface area contributed by atoms with Crippen molar-refractivity contribution in [1.29, 1.82) is 0 Å². The Morgan fingerprint density at radius 2 is 1.88 bits per heavy atom. The van der Waals surface area contributed by atoms with Crippen molar-refractivity contribution in [3.8, 4) is 0 Å². The number of carbonyl (C=O) groups excluding carboxylic acids is 2. The Morgan fingerprint density at radius 1 is 1.29 bits per heavy atom. The lowest BCUT2D eigenvalue weighted by molar-refractivity contribution is -0.121. The summed E-state index contributed by atoms with van der Waals surface area (Å²) in [6.07, 6.45) is 0. The molecule has 2 amide bonds. The highest BCUT2D eigenvalue weighted by atomic mass is 19.1. The minimum atomic E-state index is -1.01. The number of nitrogens with two attached hydrogens (primary N) is 2. The molecule has 0 saturated carbocycles.